The summed E-state index contributed by atoms with van der Waals surface area (Å²) < 4.78 is 5.19. The van der Waals surface area contributed by atoms with Gasteiger partial charge in [0.05, 0.1) is 0 Å². The smallest absolute Gasteiger partial charge is 0.325 e. The van der Waals surface area contributed by atoms with Crippen LogP contribution < -0.4 is 5.32 Å². The molecule has 1 fully saturated rings. The largest absolute Gasteiger partial charge is 0.459 e. The molecule has 69 valence electrons. The van der Waals surface area contributed by atoms with Crippen LogP contribution in [0.25, 0.3) is 0 Å². The lowest BCUT2D eigenvalue weighted by Gasteiger charge is -2.21. The monoisotopic (exact) mass is 170 g/mol. The van der Waals surface area contributed by atoms with E-state index in [1.165, 1.54) is 0 Å². The third-order valence-electron chi connectivity index (χ3n) is 1.66. The predicted octanol–water partition coefficient (Wildman–Crippen LogP) is 1.09. The number of ether oxygens (including phenoxy) is 1. The van der Waals surface area contributed by atoms with Crippen molar-refractivity contribution in [2.45, 2.75) is 45.3 Å². The fourth-order valence-corrected chi connectivity index (χ4v) is 1.19. The molecule has 0 aromatic carbocycles. The van der Waals surface area contributed by atoms with E-state index >= 15 is 0 Å². The molecule has 1 radical (unpaired) electrons. The molecule has 1 aliphatic rings. The van der Waals surface area contributed by atoms with Crippen molar-refractivity contribution in [3.05, 3.63) is 0 Å². The number of carbonyl (C=O) groups is 1. The van der Waals surface area contributed by atoms with Gasteiger partial charge in [0.15, 0.2) is 0 Å². The summed E-state index contributed by atoms with van der Waals surface area (Å²) in [5.74, 6) is -0.167. The van der Waals surface area contributed by atoms with Crippen LogP contribution in [0.5, 0.6) is 0 Å². The minimum Gasteiger partial charge on any atom is -0.459 e. The summed E-state index contributed by atoms with van der Waals surface area (Å²) in [4.78, 5) is 11.3. The Morgan fingerprint density at radius 2 is 2.17 bits per heavy atom. The van der Waals surface area contributed by atoms with Gasteiger partial charge in [-0.2, -0.15) is 0 Å². The summed E-state index contributed by atoms with van der Waals surface area (Å²) in [5, 5.41) is 4.15. The van der Waals surface area contributed by atoms with E-state index < -0.39 is 0 Å². The number of carbonyl (C=O) groups excluding carboxylic acids is 1. The summed E-state index contributed by atoms with van der Waals surface area (Å²) >= 11 is 0. The highest BCUT2D eigenvalue weighted by molar-refractivity contribution is 5.76. The lowest BCUT2D eigenvalue weighted by Crippen LogP contribution is -2.34. The number of hydrogen-bond donors (Lipinski definition) is 0. The summed E-state index contributed by atoms with van der Waals surface area (Å²) in [6.45, 7) is 6.43. The summed E-state index contributed by atoms with van der Waals surface area (Å²) in [6, 6.07) is -0.191. The fraction of sp³-hybridized carbons (Fsp3) is 0.889. The maximum Gasteiger partial charge on any atom is 0.325 e. The quantitative estimate of drug-likeness (QED) is 0.553. The molecule has 0 amide bonds. The van der Waals surface area contributed by atoms with Gasteiger partial charge in [0.1, 0.15) is 11.6 Å². The second-order valence-electron chi connectivity index (χ2n) is 4.10. The predicted molar refractivity (Wildman–Crippen MR) is 45.9 cm³/mol. The van der Waals surface area contributed by atoms with E-state index in [9.17, 15) is 4.79 Å². The second kappa shape index (κ2) is 3.44. The average Bonchev–Trinajstić information content (AvgIpc) is 2.32. The van der Waals surface area contributed by atoms with E-state index in [0.29, 0.717) is 0 Å². The van der Waals surface area contributed by atoms with E-state index in [1.807, 2.05) is 20.8 Å². The van der Waals surface area contributed by atoms with Crippen LogP contribution in [0.15, 0.2) is 0 Å². The van der Waals surface area contributed by atoms with Gasteiger partial charge in [0, 0.05) is 6.54 Å². The van der Waals surface area contributed by atoms with Crippen LogP contribution >= 0.6 is 0 Å². The molecule has 3 nitrogen and oxygen atoms in total. The highest BCUT2D eigenvalue weighted by Crippen LogP contribution is 2.14. The van der Waals surface area contributed by atoms with E-state index in [0.717, 1.165) is 19.4 Å². The first-order chi connectivity index (χ1) is 5.49. The van der Waals surface area contributed by atoms with Crippen molar-refractivity contribution in [2.75, 3.05) is 6.54 Å². The van der Waals surface area contributed by atoms with Gasteiger partial charge in [0.25, 0.3) is 0 Å². The van der Waals surface area contributed by atoms with Gasteiger partial charge in [-0.05, 0) is 33.6 Å². The molecule has 0 bridgehead atoms. The Hall–Kier alpha value is -0.570. The van der Waals surface area contributed by atoms with Crippen LogP contribution in [-0.4, -0.2) is 24.2 Å². The number of hydrogen-bond acceptors (Lipinski definition) is 2. The maximum atomic E-state index is 11.3. The van der Waals surface area contributed by atoms with Gasteiger partial charge in [0.2, 0.25) is 0 Å². The van der Waals surface area contributed by atoms with Crippen LogP contribution in [0.2, 0.25) is 0 Å². The van der Waals surface area contributed by atoms with Gasteiger partial charge < -0.3 is 4.74 Å². The highest BCUT2D eigenvalue weighted by atomic mass is 16.6. The van der Waals surface area contributed by atoms with Gasteiger partial charge in [-0.3, -0.25) is 4.79 Å². The van der Waals surface area contributed by atoms with Crippen molar-refractivity contribution in [3.8, 4) is 0 Å². The molecule has 1 rings (SSSR count). The zero-order valence-electron chi connectivity index (χ0n) is 7.96. The first kappa shape index (κ1) is 9.52. The molecule has 1 atom stereocenters. The third kappa shape index (κ3) is 2.81. The van der Waals surface area contributed by atoms with Crippen LogP contribution in [0, 0.1) is 0 Å². The van der Waals surface area contributed by atoms with Crippen molar-refractivity contribution in [1.82, 2.24) is 5.32 Å². The lowest BCUT2D eigenvalue weighted by atomic mass is 10.2. The van der Waals surface area contributed by atoms with Gasteiger partial charge in [-0.25, -0.2) is 5.32 Å². The Kier molecular flexibility index (Phi) is 2.73. The van der Waals surface area contributed by atoms with E-state index in [2.05, 4.69) is 5.32 Å². The highest BCUT2D eigenvalue weighted by Gasteiger charge is 2.28. The van der Waals surface area contributed by atoms with Crippen LogP contribution in [-0.2, 0) is 9.53 Å². The minimum atomic E-state index is -0.380. The fourth-order valence-electron chi connectivity index (χ4n) is 1.19. The Bertz CT molecular complexity index is 166. The molecule has 3 heteroatoms. The first-order valence-electron chi connectivity index (χ1n) is 4.38. The van der Waals surface area contributed by atoms with Gasteiger partial charge in [-0.1, -0.05) is 0 Å². The molecule has 0 N–H and O–H groups in total. The van der Waals surface area contributed by atoms with Crippen LogP contribution in [0.4, 0.5) is 0 Å². The molecule has 0 unspecified atom stereocenters. The number of rotatable bonds is 1. The zero-order chi connectivity index (χ0) is 9.19. The van der Waals surface area contributed by atoms with Crippen molar-refractivity contribution >= 4 is 5.97 Å². The molecule has 12 heavy (non-hydrogen) atoms. The number of esters is 1. The lowest BCUT2D eigenvalue weighted by molar-refractivity contribution is -0.157. The van der Waals surface area contributed by atoms with Gasteiger partial charge >= 0.3 is 5.97 Å². The standard InChI is InChI=1S/C9H16NO2/c1-9(2,3)12-8(11)7-5-4-6-10-7/h7H,4-6H2,1-3H3/t7-/m0/s1. The van der Waals surface area contributed by atoms with Crippen molar-refractivity contribution in [1.29, 1.82) is 0 Å². The Morgan fingerprint density at radius 1 is 1.50 bits per heavy atom. The van der Waals surface area contributed by atoms with Crippen molar-refractivity contribution in [3.63, 3.8) is 0 Å². The summed E-state index contributed by atoms with van der Waals surface area (Å²) in [7, 11) is 0. The normalized spacial score (nSPS) is 24.1. The molecular formula is C9H16NO2. The van der Waals surface area contributed by atoms with Crippen molar-refractivity contribution < 1.29 is 9.53 Å². The SMILES string of the molecule is CC(C)(C)OC(=O)[C@@H]1CCC[N]1. The molecule has 0 saturated carbocycles. The number of nitrogens with zero attached hydrogens (tertiary/aromatic N) is 1. The van der Waals surface area contributed by atoms with E-state index in [4.69, 9.17) is 4.74 Å². The molecule has 0 aromatic heterocycles. The summed E-state index contributed by atoms with van der Waals surface area (Å²) in [5.41, 5.74) is -0.380. The van der Waals surface area contributed by atoms with Crippen molar-refractivity contribution in [2.24, 2.45) is 0 Å². The van der Waals surface area contributed by atoms with Gasteiger partial charge in [-0.15, -0.1) is 0 Å². The van der Waals surface area contributed by atoms with Crippen LogP contribution in [0.3, 0.4) is 0 Å². The third-order valence-corrected chi connectivity index (χ3v) is 1.66. The molecule has 1 aliphatic heterocycles. The zero-order valence-corrected chi connectivity index (χ0v) is 7.96. The maximum absolute atomic E-state index is 11.3. The second-order valence-corrected chi connectivity index (χ2v) is 4.10. The topological polar surface area (TPSA) is 40.4 Å². The Balaban J connectivity index is 2.37. The first-order valence-corrected chi connectivity index (χ1v) is 4.38. The molecule has 1 saturated heterocycles. The molecular weight excluding hydrogens is 154 g/mol. The van der Waals surface area contributed by atoms with E-state index in [1.54, 1.807) is 0 Å². The Morgan fingerprint density at radius 3 is 2.58 bits per heavy atom. The average molecular weight is 170 g/mol. The summed E-state index contributed by atoms with van der Waals surface area (Å²) in [6.07, 6.45) is 1.87. The Labute approximate surface area is 73.5 Å². The molecule has 0 aliphatic carbocycles. The molecule has 1 heterocycles. The van der Waals surface area contributed by atoms with Crippen LogP contribution in [0.1, 0.15) is 33.6 Å². The minimum absolute atomic E-state index is 0.167. The molecule has 0 aromatic rings. The van der Waals surface area contributed by atoms with E-state index in [-0.39, 0.29) is 17.6 Å². The molecule has 0 spiro atoms.